The van der Waals surface area contributed by atoms with Crippen molar-refractivity contribution >= 4 is 67.2 Å². The zero-order valence-corrected chi connectivity index (χ0v) is 31.1. The zero-order chi connectivity index (χ0) is 34.7. The Bertz CT molecular complexity index is 1550. The van der Waals surface area contributed by atoms with Crippen molar-refractivity contribution < 1.29 is 23.9 Å². The van der Waals surface area contributed by atoms with Crippen molar-refractivity contribution in [3.63, 3.8) is 0 Å². The van der Waals surface area contributed by atoms with E-state index in [0.29, 0.717) is 75.0 Å². The molecule has 14 heteroatoms. The number of anilines is 2. The summed E-state index contributed by atoms with van der Waals surface area (Å²) in [6, 6.07) is 8.18. The number of carbonyl (C=O) groups is 4. The summed E-state index contributed by atoms with van der Waals surface area (Å²) in [4.78, 5) is 60.9. The Balaban J connectivity index is 1.08. The van der Waals surface area contributed by atoms with Crippen LogP contribution in [-0.4, -0.2) is 108 Å². The second kappa shape index (κ2) is 15.7. The summed E-state index contributed by atoms with van der Waals surface area (Å²) in [5.41, 5.74) is 9.49. The van der Waals surface area contributed by atoms with Gasteiger partial charge in [-0.05, 0) is 119 Å². The lowest BCUT2D eigenvalue weighted by atomic mass is 9.98. The van der Waals surface area contributed by atoms with Crippen LogP contribution in [0.5, 0.6) is 0 Å². The van der Waals surface area contributed by atoms with Crippen molar-refractivity contribution in [1.29, 1.82) is 0 Å². The van der Waals surface area contributed by atoms with Crippen molar-refractivity contribution in [2.75, 3.05) is 57.4 Å². The molecule has 0 aromatic heterocycles. The van der Waals surface area contributed by atoms with E-state index >= 15 is 0 Å². The molecule has 4 N–H and O–H groups in total. The topological polar surface area (TPSA) is 141 Å². The number of ether oxygens (including phenoxy) is 1. The van der Waals surface area contributed by atoms with Gasteiger partial charge in [0.15, 0.2) is 0 Å². The lowest BCUT2D eigenvalue weighted by Crippen LogP contribution is -2.57. The molecule has 6 rings (SSSR count). The highest BCUT2D eigenvalue weighted by molar-refractivity contribution is 9.11. The van der Waals surface area contributed by atoms with Crippen LogP contribution in [0.2, 0.25) is 0 Å². The number of benzene rings is 2. The van der Waals surface area contributed by atoms with Gasteiger partial charge in [-0.15, -0.1) is 0 Å². The number of hydrogen-bond donors (Lipinski definition) is 3. The number of nitrogens with zero attached hydrogens (tertiary/aromatic N) is 4. The van der Waals surface area contributed by atoms with Gasteiger partial charge in [0.25, 0.3) is 0 Å². The van der Waals surface area contributed by atoms with Gasteiger partial charge < -0.3 is 40.7 Å². The van der Waals surface area contributed by atoms with Gasteiger partial charge in [-0.3, -0.25) is 4.79 Å². The van der Waals surface area contributed by atoms with E-state index in [4.69, 9.17) is 10.5 Å². The van der Waals surface area contributed by atoms with Crippen LogP contribution in [0.4, 0.5) is 21.0 Å². The third-order valence-electron chi connectivity index (χ3n) is 10.4. The molecule has 4 aliphatic rings. The van der Waals surface area contributed by atoms with Crippen LogP contribution in [0.25, 0.3) is 0 Å². The maximum atomic E-state index is 14.1. The number of hydrogen-bond acceptors (Lipinski definition) is 7. The van der Waals surface area contributed by atoms with Crippen LogP contribution in [-0.2, 0) is 22.5 Å². The number of piperidine rings is 3. The molecule has 2 aromatic carbocycles. The number of likely N-dealkylation sites (tertiary alicyclic amines) is 3. The number of urea groups is 2. The second-order valence-electron chi connectivity index (χ2n) is 13.5. The molecule has 264 valence electrons. The quantitative estimate of drug-likeness (QED) is 0.259. The molecule has 3 saturated heterocycles. The van der Waals surface area contributed by atoms with E-state index in [1.54, 1.807) is 21.9 Å². The number of nitrogen functional groups attached to an aromatic ring is 1. The first-order valence-corrected chi connectivity index (χ1v) is 18.8. The van der Waals surface area contributed by atoms with Crippen LogP contribution in [0.1, 0.15) is 66.4 Å². The number of methoxy groups -OCH3 is 1. The standard InChI is InChI=1S/C35H45Br2N7O5/c1-49-33(46)23-5-6-24-21-44(35(48)39-29(24)20-23)26-9-15-43(16-10-26)34(47)40-30(19-22-17-27(36)31(38)28(37)18-22)32(45)42-13-7-25(8-14-42)41-11-3-2-4-12-41/h5-6,17-18,20,25-26,30H,2-4,7-16,19,21,38H2,1H3,(H,39,48)(H,40,47)/t30-/m1/s1. The smallest absolute Gasteiger partial charge is 0.337 e. The number of amides is 5. The first kappa shape index (κ1) is 35.5. The molecule has 4 heterocycles. The highest BCUT2D eigenvalue weighted by atomic mass is 79.9. The highest BCUT2D eigenvalue weighted by Crippen LogP contribution is 2.31. The average molecular weight is 804 g/mol. The van der Waals surface area contributed by atoms with E-state index in [0.717, 1.165) is 46.0 Å². The number of esters is 1. The molecule has 0 spiro atoms. The van der Waals surface area contributed by atoms with Crippen molar-refractivity contribution in [3.05, 3.63) is 56.0 Å². The number of nitrogens with two attached hydrogens (primary N) is 1. The van der Waals surface area contributed by atoms with E-state index < -0.39 is 12.0 Å². The normalized spacial score (nSPS) is 20.0. The third-order valence-corrected chi connectivity index (χ3v) is 11.7. The number of carbonyl (C=O) groups excluding carboxylic acids is 4. The Labute approximate surface area is 304 Å². The molecule has 49 heavy (non-hydrogen) atoms. The van der Waals surface area contributed by atoms with Crippen LogP contribution < -0.4 is 16.4 Å². The summed E-state index contributed by atoms with van der Waals surface area (Å²) in [5, 5.41) is 6.00. The van der Waals surface area contributed by atoms with Gasteiger partial charge in [0.1, 0.15) is 6.04 Å². The zero-order valence-electron chi connectivity index (χ0n) is 27.9. The predicted molar refractivity (Wildman–Crippen MR) is 194 cm³/mol. The van der Waals surface area contributed by atoms with Gasteiger partial charge in [-0.2, -0.15) is 0 Å². The Kier molecular flexibility index (Phi) is 11.3. The van der Waals surface area contributed by atoms with E-state index in [1.807, 2.05) is 23.1 Å². The van der Waals surface area contributed by atoms with Crippen LogP contribution in [0.3, 0.4) is 0 Å². The van der Waals surface area contributed by atoms with Crippen LogP contribution >= 0.6 is 31.9 Å². The molecular formula is C35H45Br2N7O5. The second-order valence-corrected chi connectivity index (χ2v) is 15.2. The van der Waals surface area contributed by atoms with Crippen molar-refractivity contribution in [3.8, 4) is 0 Å². The molecule has 0 saturated carbocycles. The van der Waals surface area contributed by atoms with Crippen molar-refractivity contribution in [1.82, 2.24) is 24.9 Å². The molecule has 0 aliphatic carbocycles. The van der Waals surface area contributed by atoms with Crippen molar-refractivity contribution in [2.45, 2.75) is 76.0 Å². The minimum absolute atomic E-state index is 0.0550. The van der Waals surface area contributed by atoms with Gasteiger partial charge in [-0.25, -0.2) is 14.4 Å². The third kappa shape index (κ3) is 8.18. The maximum Gasteiger partial charge on any atom is 0.337 e. The molecule has 0 bridgehead atoms. The van der Waals surface area contributed by atoms with Crippen LogP contribution in [0.15, 0.2) is 39.3 Å². The van der Waals surface area contributed by atoms with Crippen LogP contribution in [0, 0.1) is 0 Å². The van der Waals surface area contributed by atoms with Gasteiger partial charge in [0, 0.05) is 65.9 Å². The van der Waals surface area contributed by atoms with Gasteiger partial charge in [0.2, 0.25) is 5.91 Å². The monoisotopic (exact) mass is 801 g/mol. The fraction of sp³-hybridized carbons (Fsp3) is 0.543. The minimum Gasteiger partial charge on any atom is -0.465 e. The molecule has 12 nitrogen and oxygen atoms in total. The maximum absolute atomic E-state index is 14.1. The Morgan fingerprint density at radius 3 is 2.20 bits per heavy atom. The predicted octanol–water partition coefficient (Wildman–Crippen LogP) is 5.19. The molecule has 3 fully saturated rings. The summed E-state index contributed by atoms with van der Waals surface area (Å²) < 4.78 is 6.26. The molecule has 1 atom stereocenters. The Morgan fingerprint density at radius 2 is 1.55 bits per heavy atom. The SMILES string of the molecule is COC(=O)c1ccc2c(c1)NC(=O)N(C1CCN(C(=O)N[C@H](Cc3cc(Br)c(N)c(Br)c3)C(=O)N3CCC(N4CCCCC4)CC3)CC1)C2. The number of rotatable bonds is 7. The first-order valence-electron chi connectivity index (χ1n) is 17.2. The molecule has 4 aliphatic heterocycles. The number of fused-ring (bicyclic) bond motifs is 1. The van der Waals surface area contributed by atoms with Gasteiger partial charge >= 0.3 is 18.0 Å². The van der Waals surface area contributed by atoms with E-state index in [1.165, 1.54) is 26.4 Å². The summed E-state index contributed by atoms with van der Waals surface area (Å²) >= 11 is 7.04. The molecule has 5 amide bonds. The lowest BCUT2D eigenvalue weighted by molar-refractivity contribution is -0.135. The average Bonchev–Trinajstić information content (AvgIpc) is 3.12. The Hall–Kier alpha value is -3.36. The number of halogens is 2. The van der Waals surface area contributed by atoms with Gasteiger partial charge in [0.05, 0.1) is 18.4 Å². The molecule has 0 radical (unpaired) electrons. The summed E-state index contributed by atoms with van der Waals surface area (Å²) in [6.07, 6.45) is 7.22. The molecular weight excluding hydrogens is 758 g/mol. The fourth-order valence-corrected chi connectivity index (χ4v) is 8.86. The van der Waals surface area contributed by atoms with E-state index in [9.17, 15) is 19.2 Å². The summed E-state index contributed by atoms with van der Waals surface area (Å²) in [7, 11) is 1.32. The Morgan fingerprint density at radius 1 is 0.918 bits per heavy atom. The largest absolute Gasteiger partial charge is 0.465 e. The van der Waals surface area contributed by atoms with E-state index in [-0.39, 0.29) is 24.0 Å². The van der Waals surface area contributed by atoms with Crippen molar-refractivity contribution in [2.24, 2.45) is 0 Å². The summed E-state index contributed by atoms with van der Waals surface area (Å²) in [5.74, 6) is -0.524. The number of nitrogens with one attached hydrogen (secondary N) is 2. The fourth-order valence-electron chi connectivity index (χ4n) is 7.58. The summed E-state index contributed by atoms with van der Waals surface area (Å²) in [6.45, 7) is 4.96. The molecule has 0 unspecified atom stereocenters. The first-order chi connectivity index (χ1) is 23.6. The minimum atomic E-state index is -0.738. The highest BCUT2D eigenvalue weighted by Gasteiger charge is 2.36. The van der Waals surface area contributed by atoms with E-state index in [2.05, 4.69) is 47.4 Å². The lowest BCUT2D eigenvalue weighted by Gasteiger charge is -2.42. The molecule has 2 aromatic rings. The van der Waals surface area contributed by atoms with Gasteiger partial charge in [-0.1, -0.05) is 12.5 Å².